The Morgan fingerprint density at radius 2 is 2.03 bits per heavy atom. The molecule has 0 spiro atoms. The van der Waals surface area contributed by atoms with E-state index in [1.165, 1.54) is 6.07 Å². The Morgan fingerprint density at radius 3 is 2.79 bits per heavy atom. The number of benzene rings is 2. The summed E-state index contributed by atoms with van der Waals surface area (Å²) in [6, 6.07) is 11.9. The molecule has 0 aromatic heterocycles. The number of carbonyl (C=O) groups is 2. The fourth-order valence-electron chi connectivity index (χ4n) is 6.52. The third-order valence-corrected chi connectivity index (χ3v) is 8.18. The van der Waals surface area contributed by atoms with Crippen LogP contribution < -0.4 is 16.0 Å². The van der Waals surface area contributed by atoms with E-state index in [1.807, 2.05) is 18.2 Å². The second-order valence-electron chi connectivity index (χ2n) is 9.92. The fraction of sp³-hybridized carbons (Fsp3) is 0.423. The van der Waals surface area contributed by atoms with Crippen molar-refractivity contribution < 1.29 is 14.0 Å². The van der Waals surface area contributed by atoms with Gasteiger partial charge in [-0.15, -0.1) is 0 Å². The summed E-state index contributed by atoms with van der Waals surface area (Å²) in [6.07, 6.45) is 1.15. The lowest BCUT2D eigenvalue weighted by molar-refractivity contribution is -0.124. The summed E-state index contributed by atoms with van der Waals surface area (Å²) in [7, 11) is 0. The Balaban J connectivity index is 1.14. The van der Waals surface area contributed by atoms with Gasteiger partial charge in [-0.05, 0) is 70.5 Å². The van der Waals surface area contributed by atoms with Gasteiger partial charge in [-0.3, -0.25) is 9.59 Å². The van der Waals surface area contributed by atoms with Crippen molar-refractivity contribution in [1.82, 2.24) is 16.0 Å². The summed E-state index contributed by atoms with van der Waals surface area (Å²) in [6.45, 7) is 2.73. The van der Waals surface area contributed by atoms with Crippen molar-refractivity contribution in [2.75, 3.05) is 0 Å². The molecule has 2 heterocycles. The number of carbonyl (C=O) groups excluding carboxylic acids is 2. The fourth-order valence-corrected chi connectivity index (χ4v) is 6.52. The van der Waals surface area contributed by atoms with E-state index in [0.29, 0.717) is 52.9 Å². The maximum Gasteiger partial charge on any atom is 0.251 e. The van der Waals surface area contributed by atoms with Gasteiger partial charge in [-0.25, -0.2) is 4.39 Å². The van der Waals surface area contributed by atoms with Gasteiger partial charge < -0.3 is 16.0 Å². The van der Waals surface area contributed by atoms with Crippen molar-refractivity contribution in [2.45, 2.75) is 44.4 Å². The van der Waals surface area contributed by atoms with E-state index >= 15 is 0 Å². The number of halogens is 1. The van der Waals surface area contributed by atoms with Crippen LogP contribution in [0.5, 0.6) is 0 Å². The molecule has 2 aliphatic carbocycles. The van der Waals surface area contributed by atoms with Crippen LogP contribution in [-0.2, 0) is 17.8 Å². The van der Waals surface area contributed by atoms with Crippen LogP contribution in [0.2, 0.25) is 0 Å². The van der Waals surface area contributed by atoms with Crippen LogP contribution in [0.3, 0.4) is 0 Å². The maximum atomic E-state index is 14.9. The van der Waals surface area contributed by atoms with Crippen LogP contribution >= 0.6 is 0 Å². The molecule has 7 heteroatoms. The van der Waals surface area contributed by atoms with Gasteiger partial charge in [0.1, 0.15) is 11.9 Å². The summed E-state index contributed by atoms with van der Waals surface area (Å²) in [5, 5.41) is 18.7. The third kappa shape index (κ3) is 3.24. The second-order valence-corrected chi connectivity index (χ2v) is 9.92. The highest BCUT2D eigenvalue weighted by molar-refractivity contribution is 5.98. The highest BCUT2D eigenvalue weighted by Gasteiger charge is 2.67. The summed E-state index contributed by atoms with van der Waals surface area (Å²) in [5.41, 5.74) is 3.47. The number of fused-ring (bicyclic) bond motifs is 6. The molecule has 2 aliphatic heterocycles. The van der Waals surface area contributed by atoms with E-state index in [1.54, 1.807) is 12.1 Å². The molecule has 1 saturated heterocycles. The van der Waals surface area contributed by atoms with E-state index < -0.39 is 11.9 Å². The number of nitrogens with one attached hydrogen (secondary N) is 3. The SMILES string of the molecule is C[C@H]1[C@H]2[C@H]3C[C@H](N[C@@H]3C(=O)N[C@H](C#N)Cc3ccc(-c4ccc5c(c4)CNC5=O)cc3F)[C@@H]12. The van der Waals surface area contributed by atoms with Gasteiger partial charge >= 0.3 is 0 Å². The first-order valence-corrected chi connectivity index (χ1v) is 11.6. The van der Waals surface area contributed by atoms with Crippen molar-refractivity contribution in [1.29, 1.82) is 5.26 Å². The summed E-state index contributed by atoms with van der Waals surface area (Å²) in [4.78, 5) is 24.6. The first kappa shape index (κ1) is 20.4. The average molecular weight is 445 g/mol. The van der Waals surface area contributed by atoms with Crippen LogP contribution in [0, 0.1) is 40.8 Å². The number of nitrogens with zero attached hydrogens (tertiary/aromatic N) is 1. The van der Waals surface area contributed by atoms with Gasteiger partial charge in [-0.1, -0.05) is 25.1 Å². The minimum absolute atomic E-state index is 0.0882. The molecular formula is C26H25FN4O2. The average Bonchev–Trinajstić information content (AvgIpc) is 3.16. The molecular weight excluding hydrogens is 419 g/mol. The first-order chi connectivity index (χ1) is 15.9. The van der Waals surface area contributed by atoms with Gasteiger partial charge in [0, 0.05) is 24.6 Å². The molecule has 3 N–H and O–H groups in total. The van der Waals surface area contributed by atoms with Crippen LogP contribution in [0.4, 0.5) is 4.39 Å². The molecule has 33 heavy (non-hydrogen) atoms. The van der Waals surface area contributed by atoms with E-state index in [2.05, 4.69) is 28.9 Å². The van der Waals surface area contributed by atoms with E-state index in [0.717, 1.165) is 17.5 Å². The van der Waals surface area contributed by atoms with Crippen molar-refractivity contribution >= 4 is 11.8 Å². The molecule has 0 radical (unpaired) electrons. The Kier molecular flexibility index (Phi) is 4.56. The van der Waals surface area contributed by atoms with E-state index in [4.69, 9.17) is 0 Å². The molecule has 168 valence electrons. The highest BCUT2D eigenvalue weighted by Crippen LogP contribution is 2.64. The third-order valence-electron chi connectivity index (χ3n) is 8.18. The number of hydrogen-bond acceptors (Lipinski definition) is 4. The predicted molar refractivity (Wildman–Crippen MR) is 119 cm³/mol. The van der Waals surface area contributed by atoms with Crippen molar-refractivity contribution in [2.24, 2.45) is 23.7 Å². The van der Waals surface area contributed by atoms with Crippen LogP contribution in [0.1, 0.15) is 34.8 Å². The van der Waals surface area contributed by atoms with Crippen LogP contribution in [-0.4, -0.2) is 29.9 Å². The standard InChI is InChI=1S/C26H25FN4O2/c1-12-22-19-9-21(23(12)22)31-24(19)26(33)30-17(10-28)7-15-3-2-14(8-20(15)27)13-4-5-18-16(6-13)11-29-25(18)32/h2-6,8,12,17,19,21-24,31H,7,9,11H2,1H3,(H,29,32)(H,30,33)/t12-,17-,19+,21-,22-,23+,24-/m0/s1. The lowest BCUT2D eigenvalue weighted by Crippen LogP contribution is -2.51. The van der Waals surface area contributed by atoms with Crippen molar-refractivity contribution in [3.05, 3.63) is 58.9 Å². The normalized spacial score (nSPS) is 31.4. The second kappa shape index (κ2) is 7.39. The zero-order chi connectivity index (χ0) is 22.9. The molecule has 7 atom stereocenters. The smallest absolute Gasteiger partial charge is 0.251 e. The number of nitriles is 1. The molecule has 2 aromatic rings. The van der Waals surface area contributed by atoms with Crippen molar-refractivity contribution in [3.8, 4) is 17.2 Å². The zero-order valence-corrected chi connectivity index (χ0v) is 18.3. The zero-order valence-electron chi connectivity index (χ0n) is 18.3. The molecule has 4 aliphatic rings. The number of piperidine rings is 1. The molecule has 6 nitrogen and oxygen atoms in total. The molecule has 0 unspecified atom stereocenters. The van der Waals surface area contributed by atoms with Gasteiger partial charge in [0.15, 0.2) is 0 Å². The van der Waals surface area contributed by atoms with Crippen molar-refractivity contribution in [3.63, 3.8) is 0 Å². The molecule has 2 bridgehead atoms. The van der Waals surface area contributed by atoms with E-state index in [9.17, 15) is 19.2 Å². The molecule has 3 fully saturated rings. The molecule has 6 rings (SSSR count). The maximum absolute atomic E-state index is 14.9. The quantitative estimate of drug-likeness (QED) is 0.661. The largest absolute Gasteiger partial charge is 0.348 e. The molecule has 2 aromatic carbocycles. The lowest BCUT2D eigenvalue weighted by Gasteiger charge is -2.23. The van der Waals surface area contributed by atoms with Gasteiger partial charge in [0.2, 0.25) is 5.91 Å². The molecule has 2 saturated carbocycles. The van der Waals surface area contributed by atoms with Crippen LogP contribution in [0.25, 0.3) is 11.1 Å². The Labute approximate surface area is 191 Å². The highest BCUT2D eigenvalue weighted by atomic mass is 19.1. The lowest BCUT2D eigenvalue weighted by atomic mass is 9.94. The number of amides is 2. The van der Waals surface area contributed by atoms with Crippen LogP contribution in [0.15, 0.2) is 36.4 Å². The Hall–Kier alpha value is -3.24. The summed E-state index contributed by atoms with van der Waals surface area (Å²) < 4.78 is 14.9. The van der Waals surface area contributed by atoms with E-state index in [-0.39, 0.29) is 24.3 Å². The predicted octanol–water partition coefficient (Wildman–Crippen LogP) is 2.53. The van der Waals surface area contributed by atoms with Gasteiger partial charge in [0.05, 0.1) is 12.1 Å². The minimum atomic E-state index is -0.789. The number of rotatable bonds is 5. The number of hydrogen-bond donors (Lipinski definition) is 3. The molecule has 2 amide bonds. The monoisotopic (exact) mass is 444 g/mol. The topological polar surface area (TPSA) is 94.0 Å². The first-order valence-electron chi connectivity index (χ1n) is 11.6. The minimum Gasteiger partial charge on any atom is -0.348 e. The van der Waals surface area contributed by atoms with Gasteiger partial charge in [0.25, 0.3) is 5.91 Å². The Bertz CT molecular complexity index is 1220. The summed E-state index contributed by atoms with van der Waals surface area (Å²) >= 11 is 0. The Morgan fingerprint density at radius 1 is 1.24 bits per heavy atom. The summed E-state index contributed by atoms with van der Waals surface area (Å²) in [5.74, 6) is 1.72. The van der Waals surface area contributed by atoms with Gasteiger partial charge in [-0.2, -0.15) is 5.26 Å².